The first-order valence-electron chi connectivity index (χ1n) is 17.6. The van der Waals surface area contributed by atoms with Gasteiger partial charge in [-0.1, -0.05) is 61.2 Å². The highest BCUT2D eigenvalue weighted by Gasteiger charge is 2.46. The fraction of sp³-hybridized carbons (Fsp3) is 0.622. The number of pyridine rings is 1. The molecule has 0 unspecified atom stereocenters. The van der Waals surface area contributed by atoms with E-state index >= 15 is 0 Å². The molecule has 13 heteroatoms. The van der Waals surface area contributed by atoms with Gasteiger partial charge in [0.2, 0.25) is 11.8 Å². The Morgan fingerprint density at radius 3 is 2.26 bits per heavy atom. The lowest BCUT2D eigenvalue weighted by atomic mass is 9.72. The molecule has 2 fully saturated rings. The quantitative estimate of drug-likeness (QED) is 0.226. The number of halogens is 1. The number of sulfone groups is 1. The van der Waals surface area contributed by atoms with Crippen LogP contribution in [0.2, 0.25) is 5.15 Å². The summed E-state index contributed by atoms with van der Waals surface area (Å²) in [5.74, 6) is -0.659. The summed E-state index contributed by atoms with van der Waals surface area (Å²) in [6, 6.07) is 9.74. The Kier molecular flexibility index (Phi) is 13.1. The summed E-state index contributed by atoms with van der Waals surface area (Å²) in [4.78, 5) is 47.1. The van der Waals surface area contributed by atoms with Crippen molar-refractivity contribution in [1.82, 2.24) is 25.8 Å². The predicted octanol–water partition coefficient (Wildman–Crippen LogP) is 3.93. The number of nitrogens with zero attached hydrogens (tertiary/aromatic N) is 2. The molecule has 0 bridgehead atoms. The van der Waals surface area contributed by atoms with Crippen LogP contribution in [0.4, 0.5) is 0 Å². The summed E-state index contributed by atoms with van der Waals surface area (Å²) in [7, 11) is -3.89. The first-order valence-corrected chi connectivity index (χ1v) is 19.8. The predicted molar refractivity (Wildman–Crippen MR) is 195 cm³/mol. The Bertz CT molecular complexity index is 1580. The molecule has 11 nitrogen and oxygen atoms in total. The van der Waals surface area contributed by atoms with Gasteiger partial charge in [-0.05, 0) is 89.8 Å². The first kappa shape index (κ1) is 39.7. The number of hydrogen-bond donors (Lipinski definition) is 4. The molecule has 6 atom stereocenters. The van der Waals surface area contributed by atoms with Gasteiger partial charge in [0.1, 0.15) is 11.2 Å². The molecule has 3 amide bonds. The number of piperidine rings is 1. The monoisotopic (exact) mass is 731 g/mol. The summed E-state index contributed by atoms with van der Waals surface area (Å²) in [6.07, 6.45) is 7.16. The second kappa shape index (κ2) is 16.5. The zero-order valence-electron chi connectivity index (χ0n) is 30.1. The van der Waals surface area contributed by atoms with E-state index < -0.39 is 56.2 Å². The van der Waals surface area contributed by atoms with E-state index in [1.807, 2.05) is 51.1 Å². The molecule has 1 saturated heterocycles. The number of aromatic nitrogens is 1. The molecule has 0 radical (unpaired) electrons. The van der Waals surface area contributed by atoms with Crippen molar-refractivity contribution in [2.24, 2.45) is 11.8 Å². The van der Waals surface area contributed by atoms with E-state index in [-0.39, 0.29) is 23.2 Å². The molecule has 50 heavy (non-hydrogen) atoms. The highest BCUT2D eigenvalue weighted by molar-refractivity contribution is 7.92. The van der Waals surface area contributed by atoms with E-state index in [2.05, 4.69) is 25.8 Å². The van der Waals surface area contributed by atoms with Gasteiger partial charge in [-0.3, -0.25) is 19.3 Å². The second-order valence-electron chi connectivity index (χ2n) is 15.6. The molecule has 1 saturated carbocycles. The zero-order valence-corrected chi connectivity index (χ0v) is 31.7. The normalized spacial score (nSPS) is 22.0. The Morgan fingerprint density at radius 1 is 1.00 bits per heavy atom. The maximum atomic E-state index is 14.2. The number of carbonyl (C=O) groups excluding carboxylic acids is 3. The zero-order chi connectivity index (χ0) is 36.9. The number of carbonyl (C=O) groups is 3. The number of aliphatic hydroxyl groups excluding tert-OH is 1. The van der Waals surface area contributed by atoms with Crippen LogP contribution < -0.4 is 16.0 Å². The second-order valence-corrected chi connectivity index (χ2v) is 18.6. The molecular weight excluding hydrogens is 678 g/mol. The van der Waals surface area contributed by atoms with Gasteiger partial charge in [0, 0.05) is 31.1 Å². The maximum Gasteiger partial charge on any atom is 0.253 e. The van der Waals surface area contributed by atoms with Crippen molar-refractivity contribution >= 4 is 39.2 Å². The number of benzene rings is 1. The topological polar surface area (TPSA) is 158 Å². The molecule has 2 aliphatic rings. The van der Waals surface area contributed by atoms with E-state index in [4.69, 9.17) is 11.6 Å². The van der Waals surface area contributed by atoms with E-state index in [1.165, 1.54) is 32.2 Å². The molecule has 1 aliphatic carbocycles. The third kappa shape index (κ3) is 10.5. The average Bonchev–Trinajstić information content (AvgIpc) is 3.04. The van der Waals surface area contributed by atoms with Gasteiger partial charge in [-0.15, -0.1) is 0 Å². The van der Waals surface area contributed by atoms with Crippen LogP contribution in [0, 0.1) is 11.8 Å². The van der Waals surface area contributed by atoms with Crippen molar-refractivity contribution in [3.05, 3.63) is 64.9 Å². The van der Waals surface area contributed by atoms with E-state index in [1.54, 1.807) is 0 Å². The van der Waals surface area contributed by atoms with Gasteiger partial charge >= 0.3 is 0 Å². The van der Waals surface area contributed by atoms with Crippen molar-refractivity contribution in [3.8, 4) is 0 Å². The first-order chi connectivity index (χ1) is 23.4. The van der Waals surface area contributed by atoms with Crippen LogP contribution in [0.3, 0.4) is 0 Å². The SMILES string of the molecule is CC(C)(C)NC(=O)[C@@H]1C[C@@H]2CCCC[C@@H]2CN1C[C@@H](O)[C@H](CCc1ccccc1)NC(=O)[C@@H](NC(=O)c1ccc(Cl)nc1)C(C)(C)S(C)(=O)=O. The van der Waals surface area contributed by atoms with E-state index in [0.29, 0.717) is 37.6 Å². The van der Waals surface area contributed by atoms with Gasteiger partial charge in [-0.25, -0.2) is 13.4 Å². The minimum Gasteiger partial charge on any atom is -0.390 e. The fourth-order valence-corrected chi connectivity index (χ4v) is 7.79. The summed E-state index contributed by atoms with van der Waals surface area (Å²) in [6.45, 7) is 9.41. The van der Waals surface area contributed by atoms with Crippen LogP contribution in [0.1, 0.15) is 89.1 Å². The van der Waals surface area contributed by atoms with Gasteiger partial charge in [0.05, 0.1) is 28.5 Å². The number of fused-ring (bicyclic) bond motifs is 1. The average molecular weight is 732 g/mol. The largest absolute Gasteiger partial charge is 0.390 e. The summed E-state index contributed by atoms with van der Waals surface area (Å²) in [5.41, 5.74) is 0.675. The number of likely N-dealkylation sites (tertiary alicyclic amines) is 1. The van der Waals surface area contributed by atoms with E-state index in [9.17, 15) is 27.9 Å². The van der Waals surface area contributed by atoms with Gasteiger partial charge < -0.3 is 21.1 Å². The molecule has 1 aromatic heterocycles. The summed E-state index contributed by atoms with van der Waals surface area (Å²) >= 11 is 5.89. The molecule has 4 N–H and O–H groups in total. The molecule has 4 rings (SSSR count). The molecule has 2 heterocycles. The van der Waals surface area contributed by atoms with Crippen LogP contribution in [0.5, 0.6) is 0 Å². The van der Waals surface area contributed by atoms with Gasteiger partial charge in [-0.2, -0.15) is 0 Å². The maximum absolute atomic E-state index is 14.2. The molecule has 2 aromatic rings. The number of amides is 3. The van der Waals surface area contributed by atoms with Crippen LogP contribution in [0.15, 0.2) is 48.7 Å². The smallest absolute Gasteiger partial charge is 0.253 e. The third-order valence-corrected chi connectivity index (χ3v) is 12.7. The van der Waals surface area contributed by atoms with Gasteiger partial charge in [0.15, 0.2) is 9.84 Å². The lowest BCUT2D eigenvalue weighted by molar-refractivity contribution is -0.133. The Hall–Kier alpha value is -3.06. The Labute approximate surface area is 302 Å². The third-order valence-electron chi connectivity index (χ3n) is 10.3. The number of rotatable bonds is 13. The number of aliphatic hydroxyl groups is 1. The number of nitrogens with one attached hydrogen (secondary N) is 3. The molecule has 1 aromatic carbocycles. The van der Waals surface area contributed by atoms with Crippen LogP contribution in [-0.4, -0.2) is 95.0 Å². The van der Waals surface area contributed by atoms with Crippen molar-refractivity contribution in [1.29, 1.82) is 0 Å². The summed E-state index contributed by atoms with van der Waals surface area (Å²) in [5, 5.41) is 20.8. The van der Waals surface area contributed by atoms with E-state index in [0.717, 1.165) is 37.5 Å². The van der Waals surface area contributed by atoms with Crippen molar-refractivity contribution in [2.45, 2.75) is 114 Å². The lowest BCUT2D eigenvalue weighted by Gasteiger charge is -2.47. The Balaban J connectivity index is 1.62. The van der Waals surface area contributed by atoms with Crippen molar-refractivity contribution in [2.75, 3.05) is 19.3 Å². The minimum atomic E-state index is -3.89. The molecular formula is C37H54ClN5O6S. The number of hydrogen-bond acceptors (Lipinski definition) is 8. The lowest BCUT2D eigenvalue weighted by Crippen LogP contribution is -2.63. The molecule has 1 aliphatic heterocycles. The highest BCUT2D eigenvalue weighted by atomic mass is 35.5. The van der Waals surface area contributed by atoms with Crippen molar-refractivity contribution in [3.63, 3.8) is 0 Å². The standard InChI is InChI=1S/C37H54ClN5O6S/c1-36(2,3)42-34(46)29-20-25-14-10-11-15-27(25)22-43(29)23-30(44)28(18-16-24-12-8-7-9-13-24)40-35(47)32(37(4,5)50(6,48)49)41-33(45)26-17-19-31(38)39-21-26/h7-9,12-13,17,19,21,25,27-30,32,44H,10-11,14-16,18,20,22-23H2,1-6H3,(H,40,47)(H,41,45)(H,42,46)/t25-,27+,28-,29-,30+,32+/m0/s1. The Morgan fingerprint density at radius 2 is 1.66 bits per heavy atom. The molecule has 0 spiro atoms. The number of β-amino-alcohol motifs (C(OH)–C–C–N with tert-alkyl or cyclic N) is 1. The fourth-order valence-electron chi connectivity index (χ4n) is 7.08. The minimum absolute atomic E-state index is 0.0760. The van der Waals surface area contributed by atoms with Crippen LogP contribution >= 0.6 is 11.6 Å². The van der Waals surface area contributed by atoms with Gasteiger partial charge in [0.25, 0.3) is 5.91 Å². The highest BCUT2D eigenvalue weighted by Crippen LogP contribution is 2.39. The number of aryl methyl sites for hydroxylation is 1. The molecule has 276 valence electrons. The summed E-state index contributed by atoms with van der Waals surface area (Å²) < 4.78 is 24.3. The van der Waals surface area contributed by atoms with Crippen LogP contribution in [0.25, 0.3) is 0 Å². The van der Waals surface area contributed by atoms with Crippen molar-refractivity contribution < 1.29 is 27.9 Å². The van der Waals surface area contributed by atoms with Crippen LogP contribution in [-0.2, 0) is 25.8 Å².